The standard InChI is InChI=1S/C16H17ClF2N2/c1-10-7-12(18)6-5-11(10)8-13(21-20)9-14-15(17)3-2-4-16(14)19/h2-7,13,21H,8-9,20H2,1H3. The van der Waals surface area contributed by atoms with E-state index >= 15 is 0 Å². The molecule has 2 aromatic carbocycles. The Balaban J connectivity index is 2.17. The monoisotopic (exact) mass is 310 g/mol. The van der Waals surface area contributed by atoms with Crippen molar-refractivity contribution < 1.29 is 8.78 Å². The van der Waals surface area contributed by atoms with Crippen LogP contribution in [0.4, 0.5) is 8.78 Å². The zero-order valence-corrected chi connectivity index (χ0v) is 12.4. The maximum absolute atomic E-state index is 13.8. The van der Waals surface area contributed by atoms with Crippen molar-refractivity contribution in [3.8, 4) is 0 Å². The Morgan fingerprint density at radius 1 is 1.19 bits per heavy atom. The predicted octanol–water partition coefficient (Wildman–Crippen LogP) is 3.54. The molecule has 0 saturated carbocycles. The maximum atomic E-state index is 13.8. The molecule has 0 aliphatic rings. The van der Waals surface area contributed by atoms with Gasteiger partial charge < -0.3 is 0 Å². The van der Waals surface area contributed by atoms with Crippen LogP contribution in [0, 0.1) is 18.6 Å². The van der Waals surface area contributed by atoms with Crippen LogP contribution in [-0.2, 0) is 12.8 Å². The van der Waals surface area contributed by atoms with Gasteiger partial charge in [0.05, 0.1) is 0 Å². The van der Waals surface area contributed by atoms with Gasteiger partial charge in [-0.25, -0.2) is 8.78 Å². The second-order valence-corrected chi connectivity index (χ2v) is 5.45. The first-order chi connectivity index (χ1) is 10.0. The van der Waals surface area contributed by atoms with Crippen LogP contribution in [0.2, 0.25) is 5.02 Å². The molecule has 5 heteroatoms. The molecular weight excluding hydrogens is 294 g/mol. The van der Waals surface area contributed by atoms with E-state index in [2.05, 4.69) is 5.43 Å². The van der Waals surface area contributed by atoms with Gasteiger partial charge in [-0.1, -0.05) is 23.7 Å². The third kappa shape index (κ3) is 4.00. The topological polar surface area (TPSA) is 38.0 Å². The molecule has 1 atom stereocenters. The van der Waals surface area contributed by atoms with E-state index in [0.29, 0.717) is 23.4 Å². The minimum Gasteiger partial charge on any atom is -0.271 e. The Bertz CT molecular complexity index is 611. The van der Waals surface area contributed by atoms with Crippen LogP contribution in [0.1, 0.15) is 16.7 Å². The van der Waals surface area contributed by atoms with Crippen molar-refractivity contribution in [2.24, 2.45) is 5.84 Å². The summed E-state index contributed by atoms with van der Waals surface area (Å²) in [5.74, 6) is 4.94. The second-order valence-electron chi connectivity index (χ2n) is 5.04. The smallest absolute Gasteiger partial charge is 0.127 e. The number of hydrogen-bond donors (Lipinski definition) is 2. The summed E-state index contributed by atoms with van der Waals surface area (Å²) in [6.07, 6.45) is 0.923. The summed E-state index contributed by atoms with van der Waals surface area (Å²) in [4.78, 5) is 0. The van der Waals surface area contributed by atoms with Gasteiger partial charge in [0.25, 0.3) is 0 Å². The van der Waals surface area contributed by atoms with Crippen molar-refractivity contribution in [3.05, 3.63) is 69.7 Å². The highest BCUT2D eigenvalue weighted by atomic mass is 35.5. The summed E-state index contributed by atoms with van der Waals surface area (Å²) < 4.78 is 26.9. The third-order valence-corrected chi connectivity index (χ3v) is 3.87. The lowest BCUT2D eigenvalue weighted by atomic mass is 9.96. The Hall–Kier alpha value is -1.49. The summed E-state index contributed by atoms with van der Waals surface area (Å²) in [7, 11) is 0. The molecule has 3 N–H and O–H groups in total. The Morgan fingerprint density at radius 2 is 1.95 bits per heavy atom. The molecule has 2 rings (SSSR count). The molecule has 112 valence electrons. The molecule has 0 aliphatic heterocycles. The number of halogens is 3. The third-order valence-electron chi connectivity index (χ3n) is 3.52. The molecule has 1 unspecified atom stereocenters. The van der Waals surface area contributed by atoms with E-state index in [1.54, 1.807) is 18.2 Å². The number of benzene rings is 2. The van der Waals surface area contributed by atoms with Crippen molar-refractivity contribution in [1.82, 2.24) is 5.43 Å². The first-order valence-corrected chi connectivity index (χ1v) is 7.03. The van der Waals surface area contributed by atoms with E-state index in [1.807, 2.05) is 6.92 Å². The number of hydrazine groups is 1. The van der Waals surface area contributed by atoms with E-state index in [9.17, 15) is 8.78 Å². The van der Waals surface area contributed by atoms with Gasteiger partial charge in [0, 0.05) is 16.6 Å². The number of nitrogens with two attached hydrogens (primary N) is 1. The highest BCUT2D eigenvalue weighted by Gasteiger charge is 2.15. The van der Waals surface area contributed by atoms with E-state index in [0.717, 1.165) is 11.1 Å². The van der Waals surface area contributed by atoms with E-state index < -0.39 is 0 Å². The molecule has 2 nitrogen and oxygen atoms in total. The van der Waals surface area contributed by atoms with E-state index in [4.69, 9.17) is 17.4 Å². The lowest BCUT2D eigenvalue weighted by Crippen LogP contribution is -2.38. The zero-order chi connectivity index (χ0) is 15.4. The number of rotatable bonds is 5. The number of nitrogens with one attached hydrogen (secondary N) is 1. The van der Waals surface area contributed by atoms with Crippen molar-refractivity contribution >= 4 is 11.6 Å². The second kappa shape index (κ2) is 6.98. The zero-order valence-electron chi connectivity index (χ0n) is 11.7. The summed E-state index contributed by atoms with van der Waals surface area (Å²) >= 11 is 6.03. The van der Waals surface area contributed by atoms with Gasteiger partial charge >= 0.3 is 0 Å². The molecule has 0 aliphatic carbocycles. The minimum atomic E-state index is -0.349. The fourth-order valence-corrected chi connectivity index (χ4v) is 2.56. The average molecular weight is 311 g/mol. The van der Waals surface area contributed by atoms with Crippen LogP contribution in [0.15, 0.2) is 36.4 Å². The van der Waals surface area contributed by atoms with E-state index in [1.165, 1.54) is 18.2 Å². The number of aryl methyl sites for hydroxylation is 1. The fraction of sp³-hybridized carbons (Fsp3) is 0.250. The quantitative estimate of drug-likeness (QED) is 0.655. The lowest BCUT2D eigenvalue weighted by molar-refractivity contribution is 0.505. The SMILES string of the molecule is Cc1cc(F)ccc1CC(Cc1c(F)cccc1Cl)NN. The minimum absolute atomic E-state index is 0.191. The first-order valence-electron chi connectivity index (χ1n) is 6.65. The van der Waals surface area contributed by atoms with Gasteiger partial charge in [-0.2, -0.15) is 0 Å². The van der Waals surface area contributed by atoms with Crippen LogP contribution in [0.5, 0.6) is 0 Å². The Kier molecular flexibility index (Phi) is 5.28. The molecular formula is C16H17ClF2N2. The summed E-state index contributed by atoms with van der Waals surface area (Å²) in [5, 5.41) is 0.381. The van der Waals surface area contributed by atoms with Gasteiger partial charge in [0.15, 0.2) is 0 Å². The van der Waals surface area contributed by atoms with Crippen molar-refractivity contribution in [1.29, 1.82) is 0 Å². The van der Waals surface area contributed by atoms with E-state index in [-0.39, 0.29) is 17.7 Å². The largest absolute Gasteiger partial charge is 0.271 e. The van der Waals surface area contributed by atoms with Gasteiger partial charge in [0.2, 0.25) is 0 Å². The molecule has 0 amide bonds. The molecule has 0 spiro atoms. The van der Waals surface area contributed by atoms with Crippen LogP contribution in [-0.4, -0.2) is 6.04 Å². The van der Waals surface area contributed by atoms with Crippen LogP contribution < -0.4 is 11.3 Å². The molecule has 21 heavy (non-hydrogen) atoms. The van der Waals surface area contributed by atoms with Crippen LogP contribution in [0.25, 0.3) is 0 Å². The summed E-state index contributed by atoms with van der Waals surface area (Å²) in [6.45, 7) is 1.84. The number of hydrogen-bond acceptors (Lipinski definition) is 2. The van der Waals surface area contributed by atoms with Crippen LogP contribution >= 0.6 is 11.6 Å². The summed E-state index contributed by atoms with van der Waals surface area (Å²) in [6, 6.07) is 9.00. The maximum Gasteiger partial charge on any atom is 0.127 e. The van der Waals surface area contributed by atoms with Crippen molar-refractivity contribution in [2.45, 2.75) is 25.8 Å². The predicted molar refractivity (Wildman–Crippen MR) is 81.1 cm³/mol. The van der Waals surface area contributed by atoms with Gasteiger partial charge in [-0.3, -0.25) is 11.3 Å². The highest BCUT2D eigenvalue weighted by molar-refractivity contribution is 6.31. The van der Waals surface area contributed by atoms with Gasteiger partial charge in [0.1, 0.15) is 11.6 Å². The molecule has 2 aromatic rings. The Labute approximate surface area is 127 Å². The normalized spacial score (nSPS) is 12.4. The van der Waals surface area contributed by atoms with Crippen LogP contribution in [0.3, 0.4) is 0 Å². The van der Waals surface area contributed by atoms with Gasteiger partial charge in [-0.15, -0.1) is 0 Å². The molecule has 0 heterocycles. The molecule has 0 aromatic heterocycles. The summed E-state index contributed by atoms with van der Waals surface area (Å²) in [5.41, 5.74) is 4.92. The highest BCUT2D eigenvalue weighted by Crippen LogP contribution is 2.22. The molecule has 0 bridgehead atoms. The Morgan fingerprint density at radius 3 is 2.57 bits per heavy atom. The average Bonchev–Trinajstić information content (AvgIpc) is 2.44. The lowest BCUT2D eigenvalue weighted by Gasteiger charge is -2.18. The molecule has 0 fully saturated rings. The fourth-order valence-electron chi connectivity index (χ4n) is 2.32. The molecule has 0 saturated heterocycles. The molecule has 0 radical (unpaired) electrons. The van der Waals surface area contributed by atoms with Crippen molar-refractivity contribution in [2.75, 3.05) is 0 Å². The van der Waals surface area contributed by atoms with Gasteiger partial charge in [-0.05, 0) is 55.2 Å². The van der Waals surface area contributed by atoms with Crippen molar-refractivity contribution in [3.63, 3.8) is 0 Å². The first kappa shape index (κ1) is 15.9.